The van der Waals surface area contributed by atoms with Crippen molar-refractivity contribution in [3.05, 3.63) is 12.2 Å². The minimum absolute atomic E-state index is 0. The van der Waals surface area contributed by atoms with E-state index in [1.807, 2.05) is 6.92 Å². The molecule has 4 aliphatic rings. The SMILES string of the molecule is CCNC(=NCCN1CCCN(C)CC1)NCCN1C(=O)C2C3C=CC(C3)C2C1=O.I. The van der Waals surface area contributed by atoms with E-state index < -0.39 is 0 Å². The van der Waals surface area contributed by atoms with E-state index in [9.17, 15) is 9.59 Å². The van der Waals surface area contributed by atoms with Crippen molar-refractivity contribution in [2.24, 2.45) is 28.7 Å². The van der Waals surface area contributed by atoms with Crippen LogP contribution in [0.5, 0.6) is 0 Å². The molecule has 2 amide bonds. The fourth-order valence-electron chi connectivity index (χ4n) is 5.44. The average Bonchev–Trinajstić information content (AvgIpc) is 3.36. The first-order valence-corrected chi connectivity index (χ1v) is 11.5. The average molecular weight is 544 g/mol. The van der Waals surface area contributed by atoms with Crippen LogP contribution in [0.4, 0.5) is 0 Å². The molecule has 0 aromatic carbocycles. The van der Waals surface area contributed by atoms with Crippen LogP contribution in [-0.4, -0.2) is 98.4 Å². The zero-order valence-corrected chi connectivity index (χ0v) is 21.1. The number of fused-ring (bicyclic) bond motifs is 5. The maximum absolute atomic E-state index is 12.8. The summed E-state index contributed by atoms with van der Waals surface area (Å²) in [5.41, 5.74) is 0. The molecule has 0 spiro atoms. The number of hydrogen-bond donors (Lipinski definition) is 2. The molecule has 0 aromatic rings. The smallest absolute Gasteiger partial charge is 0.233 e. The summed E-state index contributed by atoms with van der Waals surface area (Å²) in [5.74, 6) is 1.13. The molecule has 31 heavy (non-hydrogen) atoms. The number of carbonyl (C=O) groups is 2. The lowest BCUT2D eigenvalue weighted by molar-refractivity contribution is -0.140. The van der Waals surface area contributed by atoms with Crippen molar-refractivity contribution in [3.8, 4) is 0 Å². The second-order valence-electron chi connectivity index (χ2n) is 9.01. The van der Waals surface area contributed by atoms with Crippen molar-refractivity contribution in [2.75, 3.05) is 66.0 Å². The van der Waals surface area contributed by atoms with E-state index >= 15 is 0 Å². The Balaban J connectivity index is 0.00000272. The first-order valence-electron chi connectivity index (χ1n) is 11.5. The van der Waals surface area contributed by atoms with Gasteiger partial charge in [0.2, 0.25) is 11.8 Å². The summed E-state index contributed by atoms with van der Waals surface area (Å²) >= 11 is 0. The molecule has 2 bridgehead atoms. The zero-order valence-electron chi connectivity index (χ0n) is 18.8. The zero-order chi connectivity index (χ0) is 21.1. The predicted octanol–water partition coefficient (Wildman–Crippen LogP) is 0.604. The molecular weight excluding hydrogens is 507 g/mol. The molecule has 2 saturated heterocycles. The summed E-state index contributed by atoms with van der Waals surface area (Å²) in [6.45, 7) is 9.94. The number of hydrogen-bond acceptors (Lipinski definition) is 5. The van der Waals surface area contributed by atoms with Gasteiger partial charge in [-0.3, -0.25) is 19.5 Å². The predicted molar refractivity (Wildman–Crippen MR) is 132 cm³/mol. The van der Waals surface area contributed by atoms with Gasteiger partial charge in [0.1, 0.15) is 0 Å². The van der Waals surface area contributed by atoms with Crippen LogP contribution in [0.2, 0.25) is 0 Å². The molecule has 174 valence electrons. The normalized spacial score (nSPS) is 31.0. The Morgan fingerprint density at radius 1 is 1.03 bits per heavy atom. The van der Waals surface area contributed by atoms with E-state index in [2.05, 4.69) is 39.6 Å². The van der Waals surface area contributed by atoms with Crippen molar-refractivity contribution in [3.63, 3.8) is 0 Å². The molecule has 2 aliphatic carbocycles. The molecule has 9 heteroatoms. The fraction of sp³-hybridized carbons (Fsp3) is 0.773. The second-order valence-corrected chi connectivity index (χ2v) is 9.01. The van der Waals surface area contributed by atoms with Gasteiger partial charge in [-0.15, -0.1) is 24.0 Å². The number of aliphatic imine (C=N–C) groups is 1. The summed E-state index contributed by atoms with van der Waals surface area (Å²) in [5, 5.41) is 6.57. The minimum atomic E-state index is -0.109. The molecule has 1 saturated carbocycles. The van der Waals surface area contributed by atoms with Gasteiger partial charge in [0.05, 0.1) is 18.4 Å². The maximum Gasteiger partial charge on any atom is 0.233 e. The number of likely N-dealkylation sites (N-methyl/N-ethyl adjacent to an activating group) is 1. The third-order valence-electron chi connectivity index (χ3n) is 7.03. The Kier molecular flexibility index (Phi) is 8.74. The highest BCUT2D eigenvalue weighted by molar-refractivity contribution is 14.0. The number of amides is 2. The third-order valence-corrected chi connectivity index (χ3v) is 7.03. The summed E-state index contributed by atoms with van der Waals surface area (Å²) in [7, 11) is 2.18. The third kappa shape index (κ3) is 5.42. The van der Waals surface area contributed by atoms with Gasteiger partial charge >= 0.3 is 0 Å². The number of nitrogens with zero attached hydrogens (tertiary/aromatic N) is 4. The number of rotatable bonds is 7. The van der Waals surface area contributed by atoms with Crippen LogP contribution < -0.4 is 10.6 Å². The van der Waals surface area contributed by atoms with Crippen molar-refractivity contribution in [1.82, 2.24) is 25.3 Å². The summed E-state index contributed by atoms with van der Waals surface area (Å²) in [6, 6.07) is 0. The van der Waals surface area contributed by atoms with Gasteiger partial charge < -0.3 is 20.4 Å². The number of imide groups is 1. The summed E-state index contributed by atoms with van der Waals surface area (Å²) in [6.07, 6.45) is 6.45. The van der Waals surface area contributed by atoms with Gasteiger partial charge in [-0.2, -0.15) is 0 Å². The molecule has 3 fully saturated rings. The van der Waals surface area contributed by atoms with Crippen molar-refractivity contribution < 1.29 is 9.59 Å². The molecule has 0 aromatic heterocycles. The lowest BCUT2D eigenvalue weighted by Crippen LogP contribution is -2.44. The van der Waals surface area contributed by atoms with Crippen LogP contribution >= 0.6 is 24.0 Å². The maximum atomic E-state index is 12.8. The van der Waals surface area contributed by atoms with E-state index in [0.29, 0.717) is 13.1 Å². The van der Waals surface area contributed by atoms with Crippen LogP contribution in [0.1, 0.15) is 19.8 Å². The van der Waals surface area contributed by atoms with Gasteiger partial charge in [-0.1, -0.05) is 12.2 Å². The fourth-order valence-corrected chi connectivity index (χ4v) is 5.44. The van der Waals surface area contributed by atoms with E-state index in [4.69, 9.17) is 4.99 Å². The highest BCUT2D eigenvalue weighted by Crippen LogP contribution is 2.52. The Morgan fingerprint density at radius 2 is 1.74 bits per heavy atom. The quantitative estimate of drug-likeness (QED) is 0.161. The van der Waals surface area contributed by atoms with E-state index in [1.165, 1.54) is 11.3 Å². The van der Waals surface area contributed by atoms with Crippen LogP contribution in [0.15, 0.2) is 17.1 Å². The largest absolute Gasteiger partial charge is 0.357 e. The minimum Gasteiger partial charge on any atom is -0.357 e. The summed E-state index contributed by atoms with van der Waals surface area (Å²) in [4.78, 5) is 36.6. The molecule has 4 unspecified atom stereocenters. The highest BCUT2D eigenvalue weighted by atomic mass is 127. The standard InChI is InChI=1S/C22H36N6O2.HI/c1-3-23-22(24-7-11-27-10-4-9-26(2)13-14-27)25-8-12-28-20(29)18-16-5-6-17(15-16)19(18)21(28)30;/h5-6,16-19H,3-4,7-15H2,1-2H3,(H2,23,24,25);1H. The molecule has 2 N–H and O–H groups in total. The molecule has 4 atom stereocenters. The van der Waals surface area contributed by atoms with Crippen LogP contribution in [0.25, 0.3) is 0 Å². The second kappa shape index (κ2) is 11.1. The number of allylic oxidation sites excluding steroid dienone is 2. The first-order chi connectivity index (χ1) is 14.6. The Bertz CT molecular complexity index is 684. The summed E-state index contributed by atoms with van der Waals surface area (Å²) < 4.78 is 0. The van der Waals surface area contributed by atoms with Gasteiger partial charge in [0.25, 0.3) is 0 Å². The molecular formula is C22H37IN6O2. The van der Waals surface area contributed by atoms with Gasteiger partial charge in [0.15, 0.2) is 5.96 Å². The molecule has 8 nitrogen and oxygen atoms in total. The van der Waals surface area contributed by atoms with Crippen molar-refractivity contribution >= 4 is 41.8 Å². The van der Waals surface area contributed by atoms with Gasteiger partial charge in [-0.05, 0) is 51.7 Å². The van der Waals surface area contributed by atoms with Crippen LogP contribution in [-0.2, 0) is 9.59 Å². The van der Waals surface area contributed by atoms with Crippen LogP contribution in [0, 0.1) is 23.7 Å². The number of halogens is 1. The molecule has 0 radical (unpaired) electrons. The van der Waals surface area contributed by atoms with Crippen LogP contribution in [0.3, 0.4) is 0 Å². The van der Waals surface area contributed by atoms with E-state index in [-0.39, 0.29) is 59.5 Å². The lowest BCUT2D eigenvalue weighted by Gasteiger charge is -2.20. The number of guanidine groups is 1. The van der Waals surface area contributed by atoms with Gasteiger partial charge in [0, 0.05) is 39.3 Å². The Hall–Kier alpha value is -1.20. The topological polar surface area (TPSA) is 80.3 Å². The van der Waals surface area contributed by atoms with E-state index in [0.717, 1.165) is 58.2 Å². The monoisotopic (exact) mass is 544 g/mol. The number of carbonyl (C=O) groups excluding carboxylic acids is 2. The number of likely N-dealkylation sites (tertiary alicyclic amines) is 1. The van der Waals surface area contributed by atoms with Crippen molar-refractivity contribution in [1.29, 1.82) is 0 Å². The Morgan fingerprint density at radius 3 is 2.42 bits per heavy atom. The molecule has 2 aliphatic heterocycles. The molecule has 2 heterocycles. The molecule has 4 rings (SSSR count). The Labute approximate surface area is 202 Å². The lowest BCUT2D eigenvalue weighted by atomic mass is 9.85. The first kappa shape index (κ1) is 24.4. The highest BCUT2D eigenvalue weighted by Gasteiger charge is 2.58. The van der Waals surface area contributed by atoms with E-state index in [1.54, 1.807) is 0 Å². The number of nitrogens with one attached hydrogen (secondary N) is 2. The van der Waals surface area contributed by atoms with Gasteiger partial charge in [-0.25, -0.2) is 0 Å². The van der Waals surface area contributed by atoms with Crippen molar-refractivity contribution in [2.45, 2.75) is 19.8 Å².